The Balaban J connectivity index is 0.000000114. The van der Waals surface area contributed by atoms with E-state index in [0.29, 0.717) is 52.0 Å². The molecular weight excluding hydrogens is 1280 g/mol. The molecule has 6 bridgehead atoms. The molecule has 0 aliphatic carbocycles. The molecule has 6 fully saturated rings. The van der Waals surface area contributed by atoms with Gasteiger partial charge < -0.3 is 43.9 Å². The first-order chi connectivity index (χ1) is 46.1. The van der Waals surface area contributed by atoms with Crippen molar-refractivity contribution in [3.8, 4) is 40.0 Å². The van der Waals surface area contributed by atoms with Crippen molar-refractivity contribution in [2.24, 2.45) is 0 Å². The summed E-state index contributed by atoms with van der Waals surface area (Å²) in [5.41, 5.74) is 12.0. The number of aromatic nitrogens is 13. The van der Waals surface area contributed by atoms with Gasteiger partial charge in [0.05, 0.1) is 62.0 Å². The molecule has 6 aliphatic heterocycles. The van der Waals surface area contributed by atoms with Gasteiger partial charge in [-0.1, -0.05) is 34.0 Å². The minimum Gasteiger partial charge on any atom is -0.348 e. The number of hydrogen-bond acceptors (Lipinski definition) is 20. The summed E-state index contributed by atoms with van der Waals surface area (Å²) in [6.07, 6.45) is 30.8. The molecule has 18 rings (SSSR count). The van der Waals surface area contributed by atoms with Crippen molar-refractivity contribution >= 4 is 97.1 Å². The molecule has 6 saturated heterocycles. The first kappa shape index (κ1) is 63.5. The number of fused-ring (bicyclic) bond motifs is 12. The predicted octanol–water partition coefficient (Wildman–Crippen LogP) is 14.0. The number of piperidine rings is 3. The van der Waals surface area contributed by atoms with Crippen molar-refractivity contribution in [2.45, 2.75) is 191 Å². The zero-order valence-electron chi connectivity index (χ0n) is 56.9. The van der Waals surface area contributed by atoms with Gasteiger partial charge >= 0.3 is 0 Å². The van der Waals surface area contributed by atoms with Gasteiger partial charge in [0.1, 0.15) is 27.4 Å². The number of nitrogens with zero attached hydrogens (tertiary/aromatic N) is 17. The first-order valence-electron chi connectivity index (χ1n) is 33.6. The quantitative estimate of drug-likeness (QED) is 0.123. The van der Waals surface area contributed by atoms with E-state index < -0.39 is 0 Å². The van der Waals surface area contributed by atoms with Gasteiger partial charge in [0.2, 0.25) is 0 Å². The van der Waals surface area contributed by atoms with E-state index in [1.54, 1.807) is 61.4 Å². The lowest BCUT2D eigenvalue weighted by Crippen LogP contribution is -2.58. The van der Waals surface area contributed by atoms with Crippen LogP contribution in [-0.4, -0.2) is 136 Å². The molecule has 18 heterocycles. The summed E-state index contributed by atoms with van der Waals surface area (Å²) in [5, 5.41) is 24.2. The highest BCUT2D eigenvalue weighted by atomic mass is 32.1. The maximum atomic E-state index is 14.6. The molecule has 12 aromatic heterocycles. The van der Waals surface area contributed by atoms with Gasteiger partial charge in [-0.3, -0.25) is 9.97 Å². The normalized spacial score (nSPS) is 27.2. The zero-order chi connectivity index (χ0) is 67.5. The number of thiazole rings is 3. The third-order valence-electron chi connectivity index (χ3n) is 21.7. The summed E-state index contributed by atoms with van der Waals surface area (Å²) >= 11 is 4.97. The molecule has 20 nitrogen and oxygen atoms in total. The number of rotatable bonds is 9. The third kappa shape index (κ3) is 11.8. The average Bonchev–Trinajstić information content (AvgIpc) is 1.64. The SMILES string of the molecule is Cc1cn2cc(-c3cc4sc(N(C)C5CC6(C)CCC(C)(C5)N6)nc4cn3)cc(C#N)c2n1.Cc1cn2cc(-c3cc4sc(N(C)C5CC6(C)CCC(C)(C5)N6)nc4cn3)cc(F)c2n1.Cc1cn2cc(-c3ncc4nc(N(C)C5CC6(C)CCC(C)(C5)N6)sc4n3)cc(F)c2n1. The summed E-state index contributed by atoms with van der Waals surface area (Å²) in [6.45, 7) is 19.7. The van der Waals surface area contributed by atoms with Crippen molar-refractivity contribution in [3.63, 3.8) is 0 Å². The van der Waals surface area contributed by atoms with Crippen LogP contribution in [0.15, 0.2) is 86.1 Å². The van der Waals surface area contributed by atoms with Gasteiger partial charge in [0, 0.05) is 126 Å². The Morgan fingerprint density at radius 2 is 0.814 bits per heavy atom. The largest absolute Gasteiger partial charge is 0.348 e. The van der Waals surface area contributed by atoms with E-state index in [1.807, 2.05) is 74.5 Å². The zero-order valence-corrected chi connectivity index (χ0v) is 59.3. The lowest BCUT2D eigenvalue weighted by atomic mass is 9.84. The Morgan fingerprint density at radius 3 is 1.25 bits per heavy atom. The van der Waals surface area contributed by atoms with Crippen LogP contribution in [0.4, 0.5) is 24.2 Å². The fourth-order valence-corrected chi connectivity index (χ4v) is 20.1. The van der Waals surface area contributed by atoms with Crippen LogP contribution in [-0.2, 0) is 0 Å². The molecule has 0 amide bonds. The summed E-state index contributed by atoms with van der Waals surface area (Å²) in [4.78, 5) is 53.9. The minimum atomic E-state index is -0.383. The van der Waals surface area contributed by atoms with E-state index >= 15 is 0 Å². The van der Waals surface area contributed by atoms with E-state index in [1.165, 1.54) is 50.7 Å². The number of pyridine rings is 5. The van der Waals surface area contributed by atoms with Gasteiger partial charge in [-0.2, -0.15) is 5.26 Å². The van der Waals surface area contributed by atoms with Crippen LogP contribution in [0.5, 0.6) is 0 Å². The Morgan fingerprint density at radius 1 is 0.454 bits per heavy atom. The van der Waals surface area contributed by atoms with Crippen LogP contribution in [0.2, 0.25) is 0 Å². The van der Waals surface area contributed by atoms with Gasteiger partial charge in [-0.25, -0.2) is 48.7 Å². The molecule has 6 unspecified atom stereocenters. The van der Waals surface area contributed by atoms with E-state index in [2.05, 4.69) is 135 Å². The first-order valence-corrected chi connectivity index (χ1v) is 36.0. The van der Waals surface area contributed by atoms with Gasteiger partial charge in [0.25, 0.3) is 0 Å². The van der Waals surface area contributed by atoms with Crippen LogP contribution in [0.1, 0.15) is 141 Å². The lowest BCUT2D eigenvalue weighted by molar-refractivity contribution is 0.207. The monoisotopic (exact) mass is 1360 g/mol. The van der Waals surface area contributed by atoms with E-state index in [-0.39, 0.29) is 44.9 Å². The summed E-state index contributed by atoms with van der Waals surface area (Å²) < 4.78 is 36.6. The highest BCUT2D eigenvalue weighted by Gasteiger charge is 2.52. The average molecular weight is 1360 g/mol. The second-order valence-electron chi connectivity index (χ2n) is 30.5. The molecule has 3 N–H and O–H groups in total. The molecule has 12 aromatic rings. The van der Waals surface area contributed by atoms with E-state index in [4.69, 9.17) is 19.9 Å². The van der Waals surface area contributed by atoms with Crippen molar-refractivity contribution in [3.05, 3.63) is 120 Å². The molecule has 500 valence electrons. The summed E-state index contributed by atoms with van der Waals surface area (Å²) in [7, 11) is 6.49. The van der Waals surface area contributed by atoms with Crippen molar-refractivity contribution in [2.75, 3.05) is 35.8 Å². The minimum absolute atomic E-state index is 0.198. The highest BCUT2D eigenvalue weighted by molar-refractivity contribution is 7.22. The van der Waals surface area contributed by atoms with E-state index in [9.17, 15) is 14.0 Å². The second kappa shape index (κ2) is 22.9. The van der Waals surface area contributed by atoms with Crippen LogP contribution in [0.3, 0.4) is 0 Å². The van der Waals surface area contributed by atoms with Crippen LogP contribution >= 0.6 is 34.0 Å². The fourth-order valence-electron chi connectivity index (χ4n) is 17.1. The molecule has 0 spiro atoms. The maximum absolute atomic E-state index is 14.6. The highest BCUT2D eigenvalue weighted by Crippen LogP contribution is 2.48. The Bertz CT molecular complexity index is 4920. The molecule has 0 aromatic carbocycles. The van der Waals surface area contributed by atoms with Crippen molar-refractivity contribution in [1.82, 2.24) is 79.0 Å². The maximum Gasteiger partial charge on any atom is 0.187 e. The summed E-state index contributed by atoms with van der Waals surface area (Å²) in [5.74, 6) is -0.237. The van der Waals surface area contributed by atoms with Crippen LogP contribution < -0.4 is 30.7 Å². The Kier molecular flexibility index (Phi) is 15.0. The molecule has 0 saturated carbocycles. The number of hydrogen-bond donors (Lipinski definition) is 3. The predicted molar refractivity (Wildman–Crippen MR) is 383 cm³/mol. The van der Waals surface area contributed by atoms with Gasteiger partial charge in [0.15, 0.2) is 49.8 Å². The number of nitrogens with one attached hydrogen (secondary N) is 3. The smallest absolute Gasteiger partial charge is 0.187 e. The summed E-state index contributed by atoms with van der Waals surface area (Å²) in [6, 6.07) is 12.6. The van der Waals surface area contributed by atoms with Crippen molar-refractivity contribution < 1.29 is 8.78 Å². The van der Waals surface area contributed by atoms with Crippen molar-refractivity contribution in [1.29, 1.82) is 5.26 Å². The third-order valence-corrected chi connectivity index (χ3v) is 25.0. The number of halogens is 2. The second-order valence-corrected chi connectivity index (χ2v) is 33.4. The van der Waals surface area contributed by atoms with Gasteiger partial charge in [-0.05, 0) is 170 Å². The molecule has 97 heavy (non-hydrogen) atoms. The van der Waals surface area contributed by atoms with E-state index in [0.717, 1.165) is 124 Å². The fraction of sp³-hybridized carbons (Fsp3) is 0.458. The molecular formula is C72H80F2N20S3. The molecule has 6 atom stereocenters. The number of aryl methyl sites for hydroxylation is 3. The lowest BCUT2D eigenvalue weighted by Gasteiger charge is -2.45. The van der Waals surface area contributed by atoms with Crippen LogP contribution in [0.25, 0.3) is 81.6 Å². The molecule has 6 aliphatic rings. The molecule has 0 radical (unpaired) electrons. The Labute approximate surface area is 573 Å². The number of nitriles is 1. The molecule has 25 heteroatoms. The number of imidazole rings is 3. The standard InChI is InChI=1S/C25H27N7S.C24H27FN6S.C23H26FN7S/c1-15-13-32-14-17(7-16(11-26)22(32)28-15)19-8-21-20(12-27-19)29-23(33-21)31(4)18-9-24(2)5-6-25(3,10-18)30-24;1-14-12-31-13-15(7-17(25)21(31)27-14)18-8-20-19(11-26-18)28-22(32-20)30(4)16-9-23(2)5-6-24(3,10-16)29-23;1-13-11-31-12-14(7-16(24)19(31)26-13)18-25-10-17-20(28-18)32-21(27-17)30(4)15-8-22(2)5-6-23(3,9-15)29-22/h7-8,12-14,18,30H,5-6,9-10H2,1-4H3;7-8,11-13,16,29H,5-6,9-10H2,1-4H3;7,10-12,15,29H,5-6,8-9H2,1-4H3. The number of anilines is 3. The topological polar surface area (TPSA) is 212 Å². The van der Waals surface area contributed by atoms with Gasteiger partial charge in [-0.15, -0.1) is 0 Å². The Hall–Kier alpha value is -8.25. The van der Waals surface area contributed by atoms with Crippen LogP contribution in [0, 0.1) is 43.7 Å².